The molecule has 23 heavy (non-hydrogen) atoms. The maximum absolute atomic E-state index is 12.5. The monoisotopic (exact) mass is 360 g/mol. The van der Waals surface area contributed by atoms with Gasteiger partial charge in [-0.3, -0.25) is 14.5 Å². The molecule has 2 rings (SSSR count). The molecule has 10 heteroatoms. The van der Waals surface area contributed by atoms with E-state index in [4.69, 9.17) is 0 Å². The van der Waals surface area contributed by atoms with Gasteiger partial charge in [0.1, 0.15) is 6.04 Å². The molecule has 0 bridgehead atoms. The van der Waals surface area contributed by atoms with Gasteiger partial charge >= 0.3 is 0 Å². The fourth-order valence-corrected chi connectivity index (χ4v) is 4.38. The second kappa shape index (κ2) is 5.69. The molecule has 8 nitrogen and oxygen atoms in total. The molecular weight excluding hydrogens is 344 g/mol. The summed E-state index contributed by atoms with van der Waals surface area (Å²) in [6, 6.07) is 2.54. The van der Waals surface area contributed by atoms with Crippen molar-refractivity contribution in [2.75, 3.05) is 13.3 Å². The number of benzene rings is 1. The average molecular weight is 360 g/mol. The van der Waals surface area contributed by atoms with E-state index in [1.54, 1.807) is 0 Å². The van der Waals surface area contributed by atoms with Crippen molar-refractivity contribution in [1.82, 2.24) is 9.62 Å². The van der Waals surface area contributed by atoms with Crippen LogP contribution in [-0.4, -0.2) is 52.9 Å². The van der Waals surface area contributed by atoms with E-state index in [9.17, 15) is 26.4 Å². The highest BCUT2D eigenvalue weighted by atomic mass is 32.2. The highest BCUT2D eigenvalue weighted by molar-refractivity contribution is 7.91. The van der Waals surface area contributed by atoms with Crippen LogP contribution < -0.4 is 4.72 Å². The molecule has 0 aliphatic carbocycles. The highest BCUT2D eigenvalue weighted by Gasteiger charge is 2.39. The Kier molecular flexibility index (Phi) is 4.35. The number of carbonyl (C=O) groups excluding carboxylic acids is 2. The molecule has 1 heterocycles. The lowest BCUT2D eigenvalue weighted by Gasteiger charge is -2.14. The number of rotatable bonds is 4. The van der Waals surface area contributed by atoms with Gasteiger partial charge in [0.15, 0.2) is 9.84 Å². The van der Waals surface area contributed by atoms with E-state index < -0.39 is 37.7 Å². The van der Waals surface area contributed by atoms with Crippen molar-refractivity contribution < 1.29 is 26.4 Å². The topological polar surface area (TPSA) is 118 Å². The van der Waals surface area contributed by atoms with Crippen molar-refractivity contribution in [3.05, 3.63) is 23.8 Å². The van der Waals surface area contributed by atoms with Crippen molar-refractivity contribution in [1.29, 1.82) is 0 Å². The molecule has 0 aromatic heterocycles. The minimum atomic E-state index is -4.15. The Labute approximate surface area is 134 Å². The summed E-state index contributed by atoms with van der Waals surface area (Å²) in [5.74, 6) is -1.13. The van der Waals surface area contributed by atoms with Crippen LogP contribution in [0.15, 0.2) is 28.0 Å². The zero-order valence-corrected chi connectivity index (χ0v) is 14.4. The van der Waals surface area contributed by atoms with E-state index in [1.165, 1.54) is 26.1 Å². The van der Waals surface area contributed by atoms with Gasteiger partial charge in [-0.05, 0) is 24.6 Å². The minimum Gasteiger partial charge on any atom is -0.284 e. The number of sulfonamides is 1. The number of likely N-dealkylation sites (tertiary alicyclic amines) is 1. The molecule has 0 spiro atoms. The van der Waals surface area contributed by atoms with E-state index in [-0.39, 0.29) is 16.2 Å². The standard InChI is InChI=1S/C13H16N2O6S2/c1-8-4-5-9(22(3,18)19)6-11(8)23(20,21)14-10-7-12(16)15(2)13(10)17/h4-6,10,14H,7H2,1-3H3. The average Bonchev–Trinajstić information content (AvgIpc) is 2.64. The third kappa shape index (κ3) is 3.43. The lowest BCUT2D eigenvalue weighted by Crippen LogP contribution is -2.40. The summed E-state index contributed by atoms with van der Waals surface area (Å²) in [7, 11) is -6.46. The number of aryl methyl sites for hydroxylation is 1. The molecule has 1 atom stereocenters. The first-order valence-electron chi connectivity index (χ1n) is 6.57. The number of nitrogens with one attached hydrogen (secondary N) is 1. The van der Waals surface area contributed by atoms with E-state index in [0.29, 0.717) is 5.56 Å². The molecule has 126 valence electrons. The number of amides is 2. The Morgan fingerprint density at radius 1 is 1.17 bits per heavy atom. The van der Waals surface area contributed by atoms with Crippen LogP contribution in [0.3, 0.4) is 0 Å². The molecule has 0 radical (unpaired) electrons. The molecule has 1 N–H and O–H groups in total. The summed E-state index contributed by atoms with van der Waals surface area (Å²) in [4.78, 5) is 23.7. The van der Waals surface area contributed by atoms with Gasteiger partial charge in [0, 0.05) is 13.3 Å². The van der Waals surface area contributed by atoms with Gasteiger partial charge in [0.2, 0.25) is 21.8 Å². The SMILES string of the molecule is Cc1ccc(S(C)(=O)=O)cc1S(=O)(=O)NC1CC(=O)N(C)C1=O. The van der Waals surface area contributed by atoms with E-state index in [0.717, 1.165) is 17.2 Å². The summed E-state index contributed by atoms with van der Waals surface area (Å²) in [6.07, 6.45) is 0.703. The summed E-state index contributed by atoms with van der Waals surface area (Å²) in [5, 5.41) is 0. The first kappa shape index (κ1) is 17.6. The molecule has 2 amide bonds. The molecule has 1 fully saturated rings. The third-order valence-corrected chi connectivity index (χ3v) is 6.28. The van der Waals surface area contributed by atoms with Crippen LogP contribution >= 0.6 is 0 Å². The molecule has 1 aromatic rings. The van der Waals surface area contributed by atoms with Crippen LogP contribution in [0, 0.1) is 6.92 Å². The highest BCUT2D eigenvalue weighted by Crippen LogP contribution is 2.22. The lowest BCUT2D eigenvalue weighted by molar-refractivity contribution is -0.137. The Morgan fingerprint density at radius 2 is 1.78 bits per heavy atom. The Morgan fingerprint density at radius 3 is 2.26 bits per heavy atom. The van der Waals surface area contributed by atoms with Gasteiger partial charge < -0.3 is 0 Å². The van der Waals surface area contributed by atoms with Crippen molar-refractivity contribution in [2.24, 2.45) is 0 Å². The zero-order valence-electron chi connectivity index (χ0n) is 12.7. The number of likely N-dealkylation sites (N-methyl/N-ethyl adjacent to an activating group) is 1. The van der Waals surface area contributed by atoms with Gasteiger partial charge in [-0.2, -0.15) is 4.72 Å². The number of imide groups is 1. The quantitative estimate of drug-likeness (QED) is 0.719. The van der Waals surface area contributed by atoms with Crippen LogP contribution in [0.25, 0.3) is 0 Å². The number of hydrogen-bond donors (Lipinski definition) is 1. The minimum absolute atomic E-state index is 0.144. The van der Waals surface area contributed by atoms with Crippen LogP contribution in [0.4, 0.5) is 0 Å². The smallest absolute Gasteiger partial charge is 0.247 e. The van der Waals surface area contributed by atoms with Gasteiger partial charge in [-0.1, -0.05) is 6.07 Å². The molecule has 1 aliphatic rings. The number of nitrogens with zero attached hydrogens (tertiary/aromatic N) is 1. The van der Waals surface area contributed by atoms with Crippen molar-refractivity contribution in [2.45, 2.75) is 29.2 Å². The molecule has 1 saturated heterocycles. The van der Waals surface area contributed by atoms with E-state index in [1.807, 2.05) is 0 Å². The fourth-order valence-electron chi connectivity index (χ4n) is 2.20. The predicted octanol–water partition coefficient (Wildman–Crippen LogP) is -0.566. The molecule has 1 aliphatic heterocycles. The van der Waals surface area contributed by atoms with Gasteiger partial charge in [-0.15, -0.1) is 0 Å². The summed E-state index contributed by atoms with van der Waals surface area (Å²) < 4.78 is 50.3. The van der Waals surface area contributed by atoms with Gasteiger partial charge in [0.05, 0.1) is 16.2 Å². The maximum Gasteiger partial charge on any atom is 0.247 e. The molecule has 1 unspecified atom stereocenters. The zero-order chi connectivity index (χ0) is 17.6. The molecule has 1 aromatic carbocycles. The van der Waals surface area contributed by atoms with Crippen LogP contribution in [0.1, 0.15) is 12.0 Å². The number of hydrogen-bond acceptors (Lipinski definition) is 6. The maximum atomic E-state index is 12.5. The second-order valence-corrected chi connectivity index (χ2v) is 9.07. The van der Waals surface area contributed by atoms with E-state index in [2.05, 4.69) is 4.72 Å². The van der Waals surface area contributed by atoms with Crippen molar-refractivity contribution in [3.8, 4) is 0 Å². The van der Waals surface area contributed by atoms with Gasteiger partial charge in [-0.25, -0.2) is 16.8 Å². The largest absolute Gasteiger partial charge is 0.284 e. The van der Waals surface area contributed by atoms with Gasteiger partial charge in [0.25, 0.3) is 0 Å². The van der Waals surface area contributed by atoms with Crippen LogP contribution in [0.2, 0.25) is 0 Å². The summed E-state index contributed by atoms with van der Waals surface area (Å²) in [5.41, 5.74) is 0.329. The Bertz CT molecular complexity index is 889. The lowest BCUT2D eigenvalue weighted by atomic mass is 10.2. The third-order valence-electron chi connectivity index (χ3n) is 3.56. The second-order valence-electron chi connectivity index (χ2n) is 5.37. The predicted molar refractivity (Wildman–Crippen MR) is 80.8 cm³/mol. The fraction of sp³-hybridized carbons (Fsp3) is 0.385. The van der Waals surface area contributed by atoms with Crippen LogP contribution in [-0.2, 0) is 29.4 Å². The normalized spacial score (nSPS) is 19.4. The van der Waals surface area contributed by atoms with Crippen molar-refractivity contribution in [3.63, 3.8) is 0 Å². The first-order chi connectivity index (χ1) is 10.4. The Hall–Kier alpha value is -1.78. The number of carbonyl (C=O) groups is 2. The first-order valence-corrected chi connectivity index (χ1v) is 9.94. The van der Waals surface area contributed by atoms with E-state index >= 15 is 0 Å². The van der Waals surface area contributed by atoms with Crippen LogP contribution in [0.5, 0.6) is 0 Å². The summed E-state index contributed by atoms with van der Waals surface area (Å²) in [6.45, 7) is 1.51. The molecular formula is C13H16N2O6S2. The Balaban J connectivity index is 2.41. The summed E-state index contributed by atoms with van der Waals surface area (Å²) >= 11 is 0. The van der Waals surface area contributed by atoms with Crippen molar-refractivity contribution >= 4 is 31.7 Å². The number of sulfone groups is 1. The molecule has 0 saturated carbocycles.